The van der Waals surface area contributed by atoms with E-state index in [9.17, 15) is 4.79 Å². The molecule has 0 bridgehead atoms. The minimum atomic E-state index is -0.319. The molecule has 0 unspecified atom stereocenters. The minimum absolute atomic E-state index is 0.306. The van der Waals surface area contributed by atoms with Crippen LogP contribution in [0, 0.1) is 0 Å². The zero-order valence-corrected chi connectivity index (χ0v) is 16.1. The molecule has 8 heteroatoms. The number of aromatic nitrogens is 3. The Kier molecular flexibility index (Phi) is 5.22. The maximum absolute atomic E-state index is 12.3. The highest BCUT2D eigenvalue weighted by molar-refractivity contribution is 6.33. The van der Waals surface area contributed by atoms with Crippen LogP contribution < -0.4 is 10.1 Å². The molecule has 0 aliphatic rings. The fraction of sp³-hybridized carbons (Fsp3) is 0.0476. The maximum atomic E-state index is 12.3. The first-order valence-electron chi connectivity index (χ1n) is 8.65. The number of hydrogen-bond donors (Lipinski definition) is 1. The number of ether oxygens (including phenoxy) is 1. The molecule has 1 N–H and O–H groups in total. The smallest absolute Gasteiger partial charge is 0.274 e. The number of benzene rings is 2. The number of methoxy groups -OCH3 is 1. The predicted octanol–water partition coefficient (Wildman–Crippen LogP) is 4.71. The molecule has 0 spiro atoms. The van der Waals surface area contributed by atoms with Gasteiger partial charge in [0.2, 0.25) is 5.82 Å². The molecule has 0 radical (unpaired) electrons. The quantitative estimate of drug-likeness (QED) is 0.516. The van der Waals surface area contributed by atoms with Gasteiger partial charge < -0.3 is 14.6 Å². The Bertz CT molecular complexity index is 1160. The van der Waals surface area contributed by atoms with E-state index in [1.807, 2.05) is 12.1 Å². The van der Waals surface area contributed by atoms with Crippen LogP contribution in [0.3, 0.4) is 0 Å². The van der Waals surface area contributed by atoms with Crippen molar-refractivity contribution in [3.8, 4) is 28.6 Å². The lowest BCUT2D eigenvalue weighted by molar-refractivity contribution is 0.102. The Hall–Kier alpha value is -3.71. The fourth-order valence-corrected chi connectivity index (χ4v) is 2.94. The third-order valence-corrected chi connectivity index (χ3v) is 4.46. The average molecular weight is 407 g/mol. The summed E-state index contributed by atoms with van der Waals surface area (Å²) in [5.74, 6) is 0.816. The van der Waals surface area contributed by atoms with Gasteiger partial charge in [-0.05, 0) is 36.4 Å². The van der Waals surface area contributed by atoms with Gasteiger partial charge in [-0.2, -0.15) is 4.98 Å². The summed E-state index contributed by atoms with van der Waals surface area (Å²) < 4.78 is 10.8. The van der Waals surface area contributed by atoms with Crippen molar-refractivity contribution in [1.29, 1.82) is 0 Å². The van der Waals surface area contributed by atoms with Crippen LogP contribution in [0.5, 0.6) is 5.75 Å². The summed E-state index contributed by atoms with van der Waals surface area (Å²) in [5, 5.41) is 7.33. The third-order valence-electron chi connectivity index (χ3n) is 4.13. The van der Waals surface area contributed by atoms with Gasteiger partial charge in [0.05, 0.1) is 23.3 Å². The van der Waals surface area contributed by atoms with Crippen LogP contribution in [0.4, 0.5) is 5.69 Å². The van der Waals surface area contributed by atoms with E-state index in [0.717, 1.165) is 0 Å². The van der Waals surface area contributed by atoms with Crippen LogP contribution in [0.2, 0.25) is 5.02 Å². The first-order valence-corrected chi connectivity index (χ1v) is 9.03. The summed E-state index contributed by atoms with van der Waals surface area (Å²) in [6, 6.07) is 17.5. The Labute approximate surface area is 171 Å². The Morgan fingerprint density at radius 2 is 1.90 bits per heavy atom. The van der Waals surface area contributed by atoms with Gasteiger partial charge >= 0.3 is 0 Å². The van der Waals surface area contributed by atoms with E-state index < -0.39 is 0 Å². The Morgan fingerprint density at radius 1 is 1.07 bits per heavy atom. The number of anilines is 1. The number of amides is 1. The van der Waals surface area contributed by atoms with Crippen LogP contribution in [-0.4, -0.2) is 28.1 Å². The zero-order chi connectivity index (χ0) is 20.2. The molecule has 0 aliphatic carbocycles. The number of nitrogens with one attached hydrogen (secondary N) is 1. The van der Waals surface area contributed by atoms with E-state index in [0.29, 0.717) is 45.0 Å². The van der Waals surface area contributed by atoms with Crippen molar-refractivity contribution >= 4 is 23.2 Å². The number of carbonyl (C=O) groups is 1. The summed E-state index contributed by atoms with van der Waals surface area (Å²) in [6.45, 7) is 0. The molecule has 2 aromatic carbocycles. The van der Waals surface area contributed by atoms with Gasteiger partial charge in [0.25, 0.3) is 11.8 Å². The fourth-order valence-electron chi connectivity index (χ4n) is 2.72. The number of carbonyl (C=O) groups excluding carboxylic acids is 1. The summed E-state index contributed by atoms with van der Waals surface area (Å²) in [6.07, 6.45) is 1.56. The molecule has 1 amide bonds. The second-order valence-corrected chi connectivity index (χ2v) is 6.39. The topological polar surface area (TPSA) is 90.1 Å². The number of nitrogens with zero attached hydrogens (tertiary/aromatic N) is 3. The molecule has 0 aliphatic heterocycles. The number of halogens is 1. The molecule has 2 aromatic heterocycles. The van der Waals surface area contributed by atoms with E-state index in [1.165, 1.54) is 7.11 Å². The van der Waals surface area contributed by atoms with Gasteiger partial charge in [0, 0.05) is 18.0 Å². The molecule has 4 aromatic rings. The highest BCUT2D eigenvalue weighted by atomic mass is 35.5. The molecule has 0 saturated carbocycles. The van der Waals surface area contributed by atoms with E-state index >= 15 is 0 Å². The van der Waals surface area contributed by atoms with Crippen LogP contribution in [0.15, 0.2) is 71.4 Å². The SMILES string of the molecule is COc1cc(NC(=O)c2ccccn2)ccc1-c1noc(-c2ccccc2Cl)n1. The molecule has 0 saturated heterocycles. The van der Waals surface area contributed by atoms with Gasteiger partial charge in [-0.1, -0.05) is 35.0 Å². The van der Waals surface area contributed by atoms with Crippen LogP contribution in [-0.2, 0) is 0 Å². The normalized spacial score (nSPS) is 10.6. The summed E-state index contributed by atoms with van der Waals surface area (Å²) in [4.78, 5) is 20.7. The lowest BCUT2D eigenvalue weighted by atomic mass is 10.1. The minimum Gasteiger partial charge on any atom is -0.496 e. The monoisotopic (exact) mass is 406 g/mol. The van der Waals surface area contributed by atoms with Crippen molar-refractivity contribution in [3.63, 3.8) is 0 Å². The van der Waals surface area contributed by atoms with Crippen molar-refractivity contribution in [3.05, 3.63) is 77.6 Å². The zero-order valence-electron chi connectivity index (χ0n) is 15.3. The van der Waals surface area contributed by atoms with E-state index in [2.05, 4.69) is 20.4 Å². The Balaban J connectivity index is 1.61. The van der Waals surface area contributed by atoms with Gasteiger partial charge in [-0.3, -0.25) is 9.78 Å². The van der Waals surface area contributed by atoms with E-state index in [-0.39, 0.29) is 5.91 Å². The van der Waals surface area contributed by atoms with E-state index in [1.54, 1.807) is 54.7 Å². The van der Waals surface area contributed by atoms with Crippen LogP contribution in [0.25, 0.3) is 22.8 Å². The predicted molar refractivity (Wildman–Crippen MR) is 109 cm³/mol. The third kappa shape index (κ3) is 3.95. The first-order chi connectivity index (χ1) is 14.2. The summed E-state index contributed by atoms with van der Waals surface area (Å²) in [7, 11) is 1.53. The molecular weight excluding hydrogens is 392 g/mol. The number of rotatable bonds is 5. The number of hydrogen-bond acceptors (Lipinski definition) is 6. The molecule has 7 nitrogen and oxygen atoms in total. The summed E-state index contributed by atoms with van der Waals surface area (Å²) >= 11 is 6.19. The molecule has 0 fully saturated rings. The van der Waals surface area contributed by atoms with Gasteiger partial charge in [0.15, 0.2) is 0 Å². The highest BCUT2D eigenvalue weighted by Crippen LogP contribution is 2.33. The molecule has 29 heavy (non-hydrogen) atoms. The molecular formula is C21H15ClN4O3. The van der Waals surface area contributed by atoms with Crippen molar-refractivity contribution in [2.45, 2.75) is 0 Å². The molecule has 2 heterocycles. The lowest BCUT2D eigenvalue weighted by Gasteiger charge is -2.09. The van der Waals surface area contributed by atoms with Gasteiger partial charge in [0.1, 0.15) is 11.4 Å². The van der Waals surface area contributed by atoms with Crippen molar-refractivity contribution in [1.82, 2.24) is 15.1 Å². The van der Waals surface area contributed by atoms with Crippen LogP contribution >= 0.6 is 11.6 Å². The number of pyridine rings is 1. The highest BCUT2D eigenvalue weighted by Gasteiger charge is 2.17. The van der Waals surface area contributed by atoms with Gasteiger partial charge in [-0.15, -0.1) is 0 Å². The average Bonchev–Trinajstić information content (AvgIpc) is 3.24. The second kappa shape index (κ2) is 8.12. The Morgan fingerprint density at radius 3 is 2.66 bits per heavy atom. The first kappa shape index (κ1) is 18.6. The van der Waals surface area contributed by atoms with E-state index in [4.69, 9.17) is 20.9 Å². The lowest BCUT2D eigenvalue weighted by Crippen LogP contribution is -2.13. The summed E-state index contributed by atoms with van der Waals surface area (Å²) in [5.41, 5.74) is 2.13. The van der Waals surface area contributed by atoms with Crippen molar-refractivity contribution in [2.75, 3.05) is 12.4 Å². The maximum Gasteiger partial charge on any atom is 0.274 e. The van der Waals surface area contributed by atoms with Crippen molar-refractivity contribution in [2.24, 2.45) is 0 Å². The standard InChI is InChI=1S/C21H15ClN4O3/c1-28-18-12-13(24-20(27)17-8-4-5-11-23-17)9-10-15(18)19-25-21(29-26-19)14-6-2-3-7-16(14)22/h2-12H,1H3,(H,24,27). The van der Waals surface area contributed by atoms with Gasteiger partial charge in [-0.25, -0.2) is 0 Å². The molecule has 0 atom stereocenters. The largest absolute Gasteiger partial charge is 0.496 e. The molecule has 144 valence electrons. The molecule has 4 rings (SSSR count). The van der Waals surface area contributed by atoms with Crippen LogP contribution in [0.1, 0.15) is 10.5 Å². The second-order valence-electron chi connectivity index (χ2n) is 5.99. The van der Waals surface area contributed by atoms with Crippen molar-refractivity contribution < 1.29 is 14.1 Å².